The van der Waals surface area contributed by atoms with Gasteiger partial charge in [-0.25, -0.2) is 0 Å². The van der Waals surface area contributed by atoms with E-state index in [1.54, 1.807) is 18.2 Å². The molecule has 2 rings (SSSR count). The highest BCUT2D eigenvalue weighted by molar-refractivity contribution is 9.10. The van der Waals surface area contributed by atoms with Crippen molar-refractivity contribution >= 4 is 37.7 Å². The zero-order valence-electron chi connectivity index (χ0n) is 9.68. The lowest BCUT2D eigenvalue weighted by molar-refractivity contribution is 0.318. The van der Waals surface area contributed by atoms with Gasteiger partial charge in [-0.2, -0.15) is 0 Å². The van der Waals surface area contributed by atoms with E-state index in [0.717, 1.165) is 8.95 Å². The van der Waals surface area contributed by atoms with Crippen molar-refractivity contribution < 1.29 is 9.94 Å². The van der Waals surface area contributed by atoms with Gasteiger partial charge < -0.3 is 15.7 Å². The molecule has 0 spiro atoms. The highest BCUT2D eigenvalue weighted by atomic mass is 79.9. The van der Waals surface area contributed by atoms with E-state index in [1.165, 1.54) is 0 Å². The predicted molar refractivity (Wildman–Crippen MR) is 80.9 cm³/mol. The van der Waals surface area contributed by atoms with E-state index in [9.17, 15) is 0 Å². The second kappa shape index (κ2) is 6.08. The van der Waals surface area contributed by atoms with E-state index < -0.39 is 0 Å². The van der Waals surface area contributed by atoms with Crippen molar-refractivity contribution in [1.82, 2.24) is 0 Å². The van der Waals surface area contributed by atoms with Crippen LogP contribution in [0.25, 0.3) is 0 Å². The van der Waals surface area contributed by atoms with Gasteiger partial charge in [-0.05, 0) is 42.5 Å². The second-order valence-electron chi connectivity index (χ2n) is 3.68. The molecule has 0 radical (unpaired) electrons. The van der Waals surface area contributed by atoms with Gasteiger partial charge in [-0.15, -0.1) is 0 Å². The summed E-state index contributed by atoms with van der Waals surface area (Å²) in [5.41, 5.74) is 6.14. The molecule has 0 aliphatic heterocycles. The summed E-state index contributed by atoms with van der Waals surface area (Å²) in [4.78, 5) is 0. The van der Waals surface area contributed by atoms with Crippen LogP contribution in [0, 0.1) is 0 Å². The number of halogens is 2. The highest BCUT2D eigenvalue weighted by Crippen LogP contribution is 2.29. The Hall–Kier alpha value is -1.53. The van der Waals surface area contributed by atoms with Crippen molar-refractivity contribution in [2.45, 2.75) is 0 Å². The van der Waals surface area contributed by atoms with E-state index >= 15 is 0 Å². The Morgan fingerprint density at radius 1 is 1.05 bits per heavy atom. The zero-order valence-corrected chi connectivity index (χ0v) is 12.8. The Morgan fingerprint density at radius 2 is 1.68 bits per heavy atom. The largest absolute Gasteiger partial charge is 0.457 e. The number of oxime groups is 1. The first-order valence-electron chi connectivity index (χ1n) is 5.31. The molecule has 2 aromatic rings. The van der Waals surface area contributed by atoms with Gasteiger partial charge in [0.1, 0.15) is 11.5 Å². The first kappa shape index (κ1) is 13.9. The molecule has 3 N–H and O–H groups in total. The predicted octanol–water partition coefficient (Wildman–Crippen LogP) is 4.10. The van der Waals surface area contributed by atoms with Crippen molar-refractivity contribution in [3.8, 4) is 11.5 Å². The van der Waals surface area contributed by atoms with Crippen LogP contribution in [0.15, 0.2) is 56.6 Å². The van der Waals surface area contributed by atoms with Crippen LogP contribution < -0.4 is 10.5 Å². The van der Waals surface area contributed by atoms with Gasteiger partial charge in [0, 0.05) is 8.95 Å². The molecule has 0 atom stereocenters. The molecular formula is C13H10Br2N2O2. The summed E-state index contributed by atoms with van der Waals surface area (Å²) in [5.74, 6) is 1.17. The van der Waals surface area contributed by atoms with Crippen molar-refractivity contribution in [3.05, 3.63) is 57.0 Å². The minimum absolute atomic E-state index is 0.000360. The maximum atomic E-state index is 8.77. The lowest BCUT2D eigenvalue weighted by Crippen LogP contribution is -2.14. The van der Waals surface area contributed by atoms with Crippen molar-refractivity contribution in [2.75, 3.05) is 0 Å². The van der Waals surface area contributed by atoms with Crippen LogP contribution in [-0.2, 0) is 0 Å². The Balaban J connectivity index is 2.38. The zero-order chi connectivity index (χ0) is 13.8. The third-order valence-electron chi connectivity index (χ3n) is 2.37. The first-order chi connectivity index (χ1) is 9.10. The van der Waals surface area contributed by atoms with Crippen LogP contribution in [0.4, 0.5) is 0 Å². The number of amidine groups is 1. The van der Waals surface area contributed by atoms with Crippen LogP contribution in [0.5, 0.6) is 11.5 Å². The maximum Gasteiger partial charge on any atom is 0.173 e. The monoisotopic (exact) mass is 384 g/mol. The second-order valence-corrected chi connectivity index (χ2v) is 5.51. The lowest BCUT2D eigenvalue weighted by atomic mass is 10.2. The van der Waals surface area contributed by atoms with Crippen molar-refractivity contribution in [1.29, 1.82) is 0 Å². The van der Waals surface area contributed by atoms with Gasteiger partial charge in [-0.1, -0.05) is 37.0 Å². The van der Waals surface area contributed by atoms with Crippen LogP contribution >= 0.6 is 31.9 Å². The molecule has 0 unspecified atom stereocenters. The number of hydrogen-bond donors (Lipinski definition) is 2. The molecule has 98 valence electrons. The topological polar surface area (TPSA) is 67.8 Å². The molecule has 6 heteroatoms. The molecule has 0 aliphatic carbocycles. The minimum Gasteiger partial charge on any atom is -0.457 e. The van der Waals surface area contributed by atoms with Gasteiger partial charge in [-0.3, -0.25) is 0 Å². The number of nitrogens with two attached hydrogens (primary N) is 1. The summed E-state index contributed by atoms with van der Waals surface area (Å²) in [6.07, 6.45) is 0. The number of ether oxygens (including phenoxy) is 1. The van der Waals surface area contributed by atoms with Gasteiger partial charge in [0.15, 0.2) is 5.84 Å². The molecule has 0 saturated heterocycles. The SMILES string of the molecule is N/C(=N/O)c1ccc(Br)cc1Oc1ccc(Br)cc1. The van der Waals surface area contributed by atoms with E-state index in [1.807, 2.05) is 24.3 Å². The number of benzene rings is 2. The maximum absolute atomic E-state index is 8.77. The molecule has 0 amide bonds. The normalized spacial score (nSPS) is 11.4. The van der Waals surface area contributed by atoms with Crippen LogP contribution in [-0.4, -0.2) is 11.0 Å². The van der Waals surface area contributed by atoms with Gasteiger partial charge in [0.25, 0.3) is 0 Å². The summed E-state index contributed by atoms with van der Waals surface area (Å²) in [6, 6.07) is 12.7. The Labute approximate surface area is 127 Å². The van der Waals surface area contributed by atoms with Crippen LogP contribution in [0.3, 0.4) is 0 Å². The molecule has 4 nitrogen and oxygen atoms in total. The quantitative estimate of drug-likeness (QED) is 0.361. The fraction of sp³-hybridized carbons (Fsp3) is 0. The fourth-order valence-corrected chi connectivity index (χ4v) is 2.08. The summed E-state index contributed by atoms with van der Waals surface area (Å²) in [5, 5.41) is 11.8. The van der Waals surface area contributed by atoms with Gasteiger partial charge >= 0.3 is 0 Å². The molecule has 0 aromatic heterocycles. The van der Waals surface area contributed by atoms with E-state index in [4.69, 9.17) is 15.7 Å². The smallest absolute Gasteiger partial charge is 0.173 e. The van der Waals surface area contributed by atoms with Crippen molar-refractivity contribution in [3.63, 3.8) is 0 Å². The summed E-state index contributed by atoms with van der Waals surface area (Å²) < 4.78 is 7.55. The molecule has 0 fully saturated rings. The molecule has 19 heavy (non-hydrogen) atoms. The van der Waals surface area contributed by atoms with Crippen molar-refractivity contribution in [2.24, 2.45) is 10.9 Å². The Kier molecular flexibility index (Phi) is 4.44. The molecule has 0 aliphatic rings. The average Bonchev–Trinajstić information content (AvgIpc) is 2.41. The standard InChI is InChI=1S/C13H10Br2N2O2/c14-8-1-4-10(5-2-8)19-12-7-9(15)3-6-11(12)13(16)17-18/h1-7,18H,(H2,16,17). The summed E-state index contributed by atoms with van der Waals surface area (Å²) in [7, 11) is 0. The Bertz CT molecular complexity index is 613. The molecule has 2 aromatic carbocycles. The molecule has 0 saturated carbocycles. The lowest BCUT2D eigenvalue weighted by Gasteiger charge is -2.10. The van der Waals surface area contributed by atoms with Crippen LogP contribution in [0.1, 0.15) is 5.56 Å². The summed E-state index contributed by atoms with van der Waals surface area (Å²) >= 11 is 6.72. The van der Waals surface area contributed by atoms with Gasteiger partial charge in [0.2, 0.25) is 0 Å². The fourth-order valence-electron chi connectivity index (χ4n) is 1.48. The number of hydrogen-bond acceptors (Lipinski definition) is 3. The number of rotatable bonds is 3. The van der Waals surface area contributed by atoms with Crippen LogP contribution in [0.2, 0.25) is 0 Å². The van der Waals surface area contributed by atoms with E-state index in [2.05, 4.69) is 37.0 Å². The minimum atomic E-state index is -0.000360. The van der Waals surface area contributed by atoms with Gasteiger partial charge in [0.05, 0.1) is 5.56 Å². The summed E-state index contributed by atoms with van der Waals surface area (Å²) in [6.45, 7) is 0. The third-order valence-corrected chi connectivity index (χ3v) is 3.39. The van der Waals surface area contributed by atoms with E-state index in [-0.39, 0.29) is 5.84 Å². The first-order valence-corrected chi connectivity index (χ1v) is 6.89. The molecular weight excluding hydrogens is 376 g/mol. The van der Waals surface area contributed by atoms with E-state index in [0.29, 0.717) is 17.1 Å². The highest BCUT2D eigenvalue weighted by Gasteiger charge is 2.10. The molecule has 0 bridgehead atoms. The Morgan fingerprint density at radius 3 is 2.32 bits per heavy atom. The number of nitrogens with zero attached hydrogens (tertiary/aromatic N) is 1. The molecule has 0 heterocycles. The third kappa shape index (κ3) is 3.48. The average molecular weight is 386 g/mol.